The standard InChI is InChI=1S/C12H15N3O.C11H21NOS2/c13-12(16)15-11-7-3-1-5-9(7)14-10-6-2-4-8(10)11;1-6-7-8-10(15-12)14-9(2)11(3,4)13-5/h1-6H2,(H3,13,14,15,16);8H,2,6-7,12H2,1,3-5H3/b;10-8+. The highest BCUT2D eigenvalue weighted by Gasteiger charge is 2.26. The van der Waals surface area contributed by atoms with E-state index < -0.39 is 6.03 Å². The lowest BCUT2D eigenvalue weighted by Crippen LogP contribution is -2.23. The predicted molar refractivity (Wildman–Crippen MR) is 134 cm³/mol. The third-order valence-corrected chi connectivity index (χ3v) is 7.66. The number of nitrogens with two attached hydrogens (primary N) is 2. The Balaban J connectivity index is 0.000000221. The molecule has 8 heteroatoms. The maximum atomic E-state index is 11.1. The summed E-state index contributed by atoms with van der Waals surface area (Å²) in [7, 11) is 1.69. The molecule has 0 aliphatic heterocycles. The second-order valence-corrected chi connectivity index (χ2v) is 10.3. The Morgan fingerprint density at radius 1 is 1.23 bits per heavy atom. The molecule has 0 radical (unpaired) electrons. The molecule has 0 fully saturated rings. The lowest BCUT2D eigenvalue weighted by Gasteiger charge is -2.25. The summed E-state index contributed by atoms with van der Waals surface area (Å²) in [6, 6.07) is -0.464. The van der Waals surface area contributed by atoms with Crippen LogP contribution in [0, 0.1) is 0 Å². The van der Waals surface area contributed by atoms with E-state index in [1.54, 1.807) is 18.9 Å². The molecular weight excluding hydrogens is 428 g/mol. The lowest BCUT2D eigenvalue weighted by atomic mass is 10.1. The number of rotatable bonds is 8. The number of pyridine rings is 1. The number of unbranched alkanes of at least 4 members (excludes halogenated alkanes) is 1. The third-order valence-electron chi connectivity index (χ3n) is 5.62. The van der Waals surface area contributed by atoms with E-state index >= 15 is 0 Å². The number of thioether (sulfide) groups is 1. The molecule has 0 bridgehead atoms. The van der Waals surface area contributed by atoms with E-state index in [0.29, 0.717) is 0 Å². The van der Waals surface area contributed by atoms with Crippen molar-refractivity contribution < 1.29 is 9.53 Å². The number of nitrogens with zero attached hydrogens (tertiary/aromatic N) is 1. The number of ether oxygens (including phenoxy) is 1. The topological polar surface area (TPSA) is 103 Å². The summed E-state index contributed by atoms with van der Waals surface area (Å²) in [6.07, 6.45) is 10.7. The molecule has 0 unspecified atom stereocenters. The minimum atomic E-state index is -0.464. The van der Waals surface area contributed by atoms with Gasteiger partial charge in [0.2, 0.25) is 0 Å². The van der Waals surface area contributed by atoms with Crippen molar-refractivity contribution in [2.75, 3.05) is 12.4 Å². The Kier molecular flexibility index (Phi) is 9.93. The van der Waals surface area contributed by atoms with Crippen LogP contribution in [-0.4, -0.2) is 23.7 Å². The van der Waals surface area contributed by atoms with E-state index in [9.17, 15) is 4.79 Å². The SMILES string of the molecule is C=C(S/C(=C\CCC)SN)C(C)(C)OC.NC(=O)Nc1c2c(nc3c1CCC3)CCC2. The van der Waals surface area contributed by atoms with Gasteiger partial charge >= 0.3 is 6.03 Å². The number of fused-ring (bicyclic) bond motifs is 2. The van der Waals surface area contributed by atoms with E-state index in [-0.39, 0.29) is 5.60 Å². The molecule has 1 heterocycles. The van der Waals surface area contributed by atoms with Crippen LogP contribution in [0.25, 0.3) is 0 Å². The van der Waals surface area contributed by atoms with E-state index in [4.69, 9.17) is 20.6 Å². The Morgan fingerprint density at radius 2 is 1.81 bits per heavy atom. The van der Waals surface area contributed by atoms with Gasteiger partial charge in [-0.3, -0.25) is 10.1 Å². The van der Waals surface area contributed by atoms with Crippen molar-refractivity contribution in [1.82, 2.24) is 4.98 Å². The Morgan fingerprint density at radius 3 is 2.26 bits per heavy atom. The van der Waals surface area contributed by atoms with Crippen LogP contribution in [0.4, 0.5) is 10.5 Å². The van der Waals surface area contributed by atoms with Gasteiger partial charge in [0.15, 0.2) is 0 Å². The fraction of sp³-hybridized carbons (Fsp3) is 0.565. The highest BCUT2D eigenvalue weighted by Crippen LogP contribution is 2.38. The van der Waals surface area contributed by atoms with Crippen LogP contribution in [0.15, 0.2) is 21.8 Å². The molecule has 1 aromatic heterocycles. The Bertz CT molecular complexity index is 805. The normalized spacial score (nSPS) is 15.1. The number of aromatic nitrogens is 1. The minimum absolute atomic E-state index is 0.314. The van der Waals surface area contributed by atoms with Crippen LogP contribution in [-0.2, 0) is 30.4 Å². The zero-order valence-electron chi connectivity index (χ0n) is 19.2. The summed E-state index contributed by atoms with van der Waals surface area (Å²) in [6.45, 7) is 10.2. The molecule has 2 aliphatic carbocycles. The van der Waals surface area contributed by atoms with Gasteiger partial charge in [-0.1, -0.05) is 37.8 Å². The Hall–Kier alpha value is -1.48. The zero-order valence-corrected chi connectivity index (χ0v) is 20.8. The van der Waals surface area contributed by atoms with Crippen molar-refractivity contribution in [3.63, 3.8) is 0 Å². The van der Waals surface area contributed by atoms with Crippen molar-refractivity contribution in [3.8, 4) is 0 Å². The molecule has 6 nitrogen and oxygen atoms in total. The van der Waals surface area contributed by atoms with Gasteiger partial charge in [-0.15, -0.1) is 0 Å². The number of primary amides is 1. The highest BCUT2D eigenvalue weighted by molar-refractivity contribution is 8.23. The summed E-state index contributed by atoms with van der Waals surface area (Å²) in [5, 5.41) is 8.40. The monoisotopic (exact) mass is 464 g/mol. The molecule has 0 aromatic carbocycles. The van der Waals surface area contributed by atoms with Crippen LogP contribution in [0.5, 0.6) is 0 Å². The number of urea groups is 1. The molecule has 2 amide bonds. The molecule has 3 rings (SSSR count). The first-order valence-corrected chi connectivity index (χ1v) is 12.5. The molecule has 2 aliphatic rings. The number of anilines is 1. The van der Waals surface area contributed by atoms with Gasteiger partial charge in [-0.05, 0) is 81.9 Å². The summed E-state index contributed by atoms with van der Waals surface area (Å²) in [5.74, 6) is 0. The van der Waals surface area contributed by atoms with Crippen molar-refractivity contribution in [2.24, 2.45) is 10.9 Å². The molecule has 31 heavy (non-hydrogen) atoms. The number of hydrogen-bond donors (Lipinski definition) is 3. The van der Waals surface area contributed by atoms with Crippen LogP contribution in [0.3, 0.4) is 0 Å². The molecular formula is C23H36N4O2S2. The third kappa shape index (κ3) is 7.00. The average Bonchev–Trinajstić information content (AvgIpc) is 3.40. The van der Waals surface area contributed by atoms with Gasteiger partial charge in [-0.2, -0.15) is 0 Å². The summed E-state index contributed by atoms with van der Waals surface area (Å²) in [5.41, 5.74) is 10.7. The number of amides is 2. The van der Waals surface area contributed by atoms with Crippen LogP contribution < -0.4 is 16.2 Å². The van der Waals surface area contributed by atoms with Gasteiger partial charge in [0.05, 0.1) is 15.5 Å². The second kappa shape index (κ2) is 11.9. The summed E-state index contributed by atoms with van der Waals surface area (Å²) >= 11 is 2.87. The number of methoxy groups -OCH3 is 1. The predicted octanol–water partition coefficient (Wildman–Crippen LogP) is 5.46. The largest absolute Gasteiger partial charge is 0.374 e. The number of carbonyl (C=O) groups is 1. The van der Waals surface area contributed by atoms with Crippen molar-refractivity contribution in [1.29, 1.82) is 0 Å². The van der Waals surface area contributed by atoms with Gasteiger partial charge in [0.25, 0.3) is 0 Å². The second-order valence-electron chi connectivity index (χ2n) is 8.20. The van der Waals surface area contributed by atoms with Crippen molar-refractivity contribution in [3.05, 3.63) is 44.3 Å². The fourth-order valence-corrected chi connectivity index (χ4v) is 5.08. The van der Waals surface area contributed by atoms with Crippen LogP contribution in [0.1, 0.15) is 69.0 Å². The molecule has 0 saturated heterocycles. The average molecular weight is 465 g/mol. The van der Waals surface area contributed by atoms with E-state index in [1.807, 2.05) is 13.8 Å². The van der Waals surface area contributed by atoms with Gasteiger partial charge in [0, 0.05) is 23.4 Å². The van der Waals surface area contributed by atoms with E-state index in [2.05, 4.69) is 24.9 Å². The number of nitrogens with one attached hydrogen (secondary N) is 1. The number of carbonyl (C=O) groups excluding carboxylic acids is 1. The zero-order chi connectivity index (χ0) is 23.0. The molecule has 172 valence electrons. The van der Waals surface area contributed by atoms with E-state index in [0.717, 1.165) is 66.2 Å². The summed E-state index contributed by atoms with van der Waals surface area (Å²) in [4.78, 5) is 16.7. The molecule has 0 atom stereocenters. The van der Waals surface area contributed by atoms with Crippen molar-refractivity contribution in [2.45, 2.75) is 77.7 Å². The first-order chi connectivity index (χ1) is 14.7. The van der Waals surface area contributed by atoms with Gasteiger partial charge < -0.3 is 15.8 Å². The maximum absolute atomic E-state index is 11.1. The fourth-order valence-electron chi connectivity index (χ4n) is 3.59. The molecule has 0 spiro atoms. The molecule has 0 saturated carbocycles. The number of hydrogen-bond acceptors (Lipinski definition) is 6. The van der Waals surface area contributed by atoms with E-state index in [1.165, 1.54) is 34.5 Å². The van der Waals surface area contributed by atoms with Crippen molar-refractivity contribution >= 4 is 35.4 Å². The van der Waals surface area contributed by atoms with Gasteiger partial charge in [0.1, 0.15) is 0 Å². The first-order valence-electron chi connectivity index (χ1n) is 10.8. The number of aryl methyl sites for hydroxylation is 2. The Labute approximate surface area is 195 Å². The quantitative estimate of drug-likeness (QED) is 0.442. The maximum Gasteiger partial charge on any atom is 0.316 e. The lowest BCUT2D eigenvalue weighted by molar-refractivity contribution is 0.0627. The van der Waals surface area contributed by atoms with Crippen LogP contribution >= 0.6 is 23.7 Å². The minimum Gasteiger partial charge on any atom is -0.374 e. The van der Waals surface area contributed by atoms with Crippen LogP contribution in [0.2, 0.25) is 0 Å². The molecule has 1 aromatic rings. The smallest absolute Gasteiger partial charge is 0.316 e. The summed E-state index contributed by atoms with van der Waals surface area (Å²) < 4.78 is 6.44. The first kappa shape index (κ1) is 25.8. The van der Waals surface area contributed by atoms with Gasteiger partial charge in [-0.25, -0.2) is 4.79 Å². The molecule has 5 N–H and O–H groups in total. The number of allylic oxidation sites excluding steroid dienone is 1. The highest BCUT2D eigenvalue weighted by atomic mass is 32.2.